The third kappa shape index (κ3) is 4.30. The number of anilines is 2. The molecule has 176 valence electrons. The molecule has 0 bridgehead atoms. The molecule has 1 aliphatic rings. The van der Waals surface area contributed by atoms with E-state index >= 15 is 0 Å². The van der Waals surface area contributed by atoms with Gasteiger partial charge in [0.25, 0.3) is 0 Å². The van der Waals surface area contributed by atoms with Gasteiger partial charge in [0.2, 0.25) is 5.88 Å². The topological polar surface area (TPSA) is 93.8 Å². The van der Waals surface area contributed by atoms with Crippen molar-refractivity contribution in [1.82, 2.24) is 9.78 Å². The number of nitrogens with zero attached hydrogens (tertiary/aromatic N) is 3. The number of rotatable bonds is 9. The Balaban J connectivity index is 1.54. The number of hydrogen-bond acceptors (Lipinski definition) is 6. The molecule has 0 aliphatic heterocycles. The molecule has 2 atom stereocenters. The summed E-state index contributed by atoms with van der Waals surface area (Å²) in [5.74, 6) is -0.619. The highest BCUT2D eigenvalue weighted by atomic mass is 16.3. The van der Waals surface area contributed by atoms with Crippen LogP contribution in [0.5, 0.6) is 5.88 Å². The minimum Gasteiger partial charge on any atom is -0.493 e. The van der Waals surface area contributed by atoms with E-state index < -0.39 is 24.2 Å². The lowest BCUT2D eigenvalue weighted by molar-refractivity contribution is -0.0671. The number of hydrogen-bond donors (Lipinski definition) is 4. The van der Waals surface area contributed by atoms with Crippen LogP contribution in [0, 0.1) is 0 Å². The molecule has 1 heterocycles. The fourth-order valence-corrected chi connectivity index (χ4v) is 4.74. The van der Waals surface area contributed by atoms with Crippen molar-refractivity contribution in [3.63, 3.8) is 0 Å². The van der Waals surface area contributed by atoms with Gasteiger partial charge >= 0.3 is 0 Å². The van der Waals surface area contributed by atoms with E-state index in [-0.39, 0.29) is 5.88 Å². The monoisotopic (exact) mass is 450 g/mol. The van der Waals surface area contributed by atoms with Crippen LogP contribution in [0.15, 0.2) is 54.6 Å². The van der Waals surface area contributed by atoms with Gasteiger partial charge in [-0.05, 0) is 56.7 Å². The number of aryl methyl sites for hydroxylation is 1. The van der Waals surface area contributed by atoms with E-state index in [1.54, 1.807) is 0 Å². The van der Waals surface area contributed by atoms with Crippen LogP contribution >= 0.6 is 0 Å². The number of aromatic nitrogens is 2. The largest absolute Gasteiger partial charge is 0.493 e. The first-order valence-corrected chi connectivity index (χ1v) is 11.8. The van der Waals surface area contributed by atoms with Crippen molar-refractivity contribution in [2.75, 3.05) is 23.3 Å². The predicted molar refractivity (Wildman–Crippen MR) is 131 cm³/mol. The van der Waals surface area contributed by atoms with Gasteiger partial charge < -0.3 is 25.5 Å². The van der Waals surface area contributed by atoms with Crippen molar-refractivity contribution in [1.29, 1.82) is 0 Å². The van der Waals surface area contributed by atoms with E-state index in [9.17, 15) is 15.3 Å². The average Bonchev–Trinajstić information content (AvgIpc) is 3.15. The first-order valence-electron chi connectivity index (χ1n) is 11.8. The molecule has 1 aromatic heterocycles. The van der Waals surface area contributed by atoms with Gasteiger partial charge in [-0.15, -0.1) is 0 Å². The maximum Gasteiger partial charge on any atom is 0.218 e. The molecule has 0 radical (unpaired) electrons. The van der Waals surface area contributed by atoms with E-state index in [1.165, 1.54) is 4.68 Å². The second-order valence-electron chi connectivity index (χ2n) is 8.58. The van der Waals surface area contributed by atoms with Crippen molar-refractivity contribution in [3.8, 4) is 11.6 Å². The first kappa shape index (κ1) is 23.1. The van der Waals surface area contributed by atoms with Crippen LogP contribution in [-0.4, -0.2) is 56.4 Å². The molecular weight excluding hydrogens is 416 g/mol. The van der Waals surface area contributed by atoms with Crippen LogP contribution in [0.3, 0.4) is 0 Å². The Hall–Kier alpha value is -3.03. The Morgan fingerprint density at radius 3 is 2.15 bits per heavy atom. The zero-order valence-electron chi connectivity index (χ0n) is 19.5. The highest BCUT2D eigenvalue weighted by Crippen LogP contribution is 2.45. The molecule has 7 heteroatoms. The van der Waals surface area contributed by atoms with Gasteiger partial charge in [0.1, 0.15) is 0 Å². The summed E-state index contributed by atoms with van der Waals surface area (Å²) in [6.07, 6.45) is -0.198. The Kier molecular flexibility index (Phi) is 6.91. The summed E-state index contributed by atoms with van der Waals surface area (Å²) in [4.78, 5) is 2.26. The quantitative estimate of drug-likeness (QED) is 0.397. The lowest BCUT2D eigenvalue weighted by Gasteiger charge is -2.47. The summed E-state index contributed by atoms with van der Waals surface area (Å²) in [7, 11) is 0. The smallest absolute Gasteiger partial charge is 0.218 e. The van der Waals surface area contributed by atoms with Crippen molar-refractivity contribution in [3.05, 3.63) is 65.9 Å². The summed E-state index contributed by atoms with van der Waals surface area (Å²) in [5, 5.41) is 40.9. The molecule has 1 aliphatic carbocycles. The molecule has 1 saturated carbocycles. The van der Waals surface area contributed by atoms with Gasteiger partial charge in [-0.3, -0.25) is 0 Å². The molecule has 2 unspecified atom stereocenters. The summed E-state index contributed by atoms with van der Waals surface area (Å²) in [6, 6.07) is 16.9. The van der Waals surface area contributed by atoms with Crippen LogP contribution in [-0.2, 0) is 6.42 Å². The Labute approximate surface area is 195 Å². The molecule has 33 heavy (non-hydrogen) atoms. The predicted octanol–water partition coefficient (Wildman–Crippen LogP) is 3.68. The third-order valence-electron chi connectivity index (χ3n) is 6.60. The number of aromatic hydroxyl groups is 1. The van der Waals surface area contributed by atoms with Crippen LogP contribution < -0.4 is 10.2 Å². The van der Waals surface area contributed by atoms with Crippen LogP contribution in [0.25, 0.3) is 5.69 Å². The molecule has 7 nitrogen and oxygen atoms in total. The highest BCUT2D eigenvalue weighted by Gasteiger charge is 2.52. The molecule has 1 fully saturated rings. The van der Waals surface area contributed by atoms with Crippen molar-refractivity contribution < 1.29 is 15.3 Å². The van der Waals surface area contributed by atoms with Gasteiger partial charge in [-0.2, -0.15) is 5.10 Å². The number of aliphatic hydroxyl groups is 2. The van der Waals surface area contributed by atoms with Gasteiger partial charge in [0.05, 0.1) is 29.6 Å². The SMILES string of the molecule is CCCc1nn(-c2ccccc2)c(O)c1C1C(O)C(Nc2ccc(N(CC)CC)cc2)C1O. The van der Waals surface area contributed by atoms with Crippen LogP contribution in [0.4, 0.5) is 11.4 Å². The highest BCUT2D eigenvalue weighted by molar-refractivity contribution is 5.56. The molecule has 0 saturated heterocycles. The standard InChI is InChI=1S/C26H34N4O3/c1-4-10-20-21(26(33)30(28-20)19-11-8-7-9-12-19)22-24(31)23(25(22)32)27-17-13-15-18(16-14-17)29(5-2)6-3/h7-9,11-16,22-25,27,31-33H,4-6,10H2,1-3H3. The fourth-order valence-electron chi connectivity index (χ4n) is 4.74. The summed E-state index contributed by atoms with van der Waals surface area (Å²) in [5.41, 5.74) is 3.97. The van der Waals surface area contributed by atoms with Crippen LogP contribution in [0.2, 0.25) is 0 Å². The maximum absolute atomic E-state index is 11.0. The minimum atomic E-state index is -0.850. The summed E-state index contributed by atoms with van der Waals surface area (Å²) in [6.45, 7) is 8.16. The summed E-state index contributed by atoms with van der Waals surface area (Å²) >= 11 is 0. The second-order valence-corrected chi connectivity index (χ2v) is 8.58. The number of benzene rings is 2. The number of aliphatic hydroxyl groups excluding tert-OH is 2. The molecule has 0 spiro atoms. The van der Waals surface area contributed by atoms with Crippen molar-refractivity contribution in [2.45, 2.75) is 57.8 Å². The molecule has 0 amide bonds. The number of para-hydroxylation sites is 1. The molecular formula is C26H34N4O3. The van der Waals surface area contributed by atoms with E-state index in [0.717, 1.165) is 36.6 Å². The Morgan fingerprint density at radius 2 is 1.58 bits per heavy atom. The van der Waals surface area contributed by atoms with Gasteiger partial charge in [0, 0.05) is 35.9 Å². The van der Waals surface area contributed by atoms with E-state index in [4.69, 9.17) is 0 Å². The molecule has 3 aromatic rings. The molecule has 2 aromatic carbocycles. The van der Waals surface area contributed by atoms with Gasteiger partial charge in [-0.1, -0.05) is 31.5 Å². The van der Waals surface area contributed by atoms with Gasteiger partial charge in [0.15, 0.2) is 0 Å². The second kappa shape index (κ2) is 9.85. The van der Waals surface area contributed by atoms with Crippen LogP contribution in [0.1, 0.15) is 44.4 Å². The van der Waals surface area contributed by atoms with Crippen molar-refractivity contribution >= 4 is 11.4 Å². The normalized spacial score (nSPS) is 22.1. The van der Waals surface area contributed by atoms with E-state index in [2.05, 4.69) is 29.2 Å². The van der Waals surface area contributed by atoms with E-state index in [0.29, 0.717) is 17.7 Å². The molecule has 4 rings (SSSR count). The average molecular weight is 451 g/mol. The lowest BCUT2D eigenvalue weighted by Crippen LogP contribution is -2.61. The Morgan fingerprint density at radius 1 is 0.939 bits per heavy atom. The van der Waals surface area contributed by atoms with Gasteiger partial charge in [-0.25, -0.2) is 4.68 Å². The zero-order chi connectivity index (χ0) is 23.5. The number of nitrogens with one attached hydrogen (secondary N) is 1. The van der Waals surface area contributed by atoms with Crippen molar-refractivity contribution in [2.24, 2.45) is 0 Å². The molecule has 4 N–H and O–H groups in total. The zero-order valence-corrected chi connectivity index (χ0v) is 19.5. The van der Waals surface area contributed by atoms with E-state index in [1.807, 2.05) is 61.5 Å². The lowest BCUT2D eigenvalue weighted by atomic mass is 9.69. The fraction of sp³-hybridized carbons (Fsp3) is 0.423. The maximum atomic E-state index is 11.0. The first-order chi connectivity index (χ1) is 16.0. The third-order valence-corrected chi connectivity index (χ3v) is 6.60. The minimum absolute atomic E-state index is 0.0187. The summed E-state index contributed by atoms with van der Waals surface area (Å²) < 4.78 is 1.49. The Bertz CT molecular complexity index is 1040.